The number of hydrogen-bond donors (Lipinski definition) is 0. The molecule has 0 bridgehead atoms. The van der Waals surface area contributed by atoms with Crippen molar-refractivity contribution in [3.8, 4) is 5.75 Å². The van der Waals surface area contributed by atoms with Crippen LogP contribution in [0.2, 0.25) is 0 Å². The average molecular weight is 292 g/mol. The van der Waals surface area contributed by atoms with E-state index < -0.39 is 16.1 Å². The maximum atomic E-state index is 11.5. The van der Waals surface area contributed by atoms with E-state index in [2.05, 4.69) is 4.18 Å². The second-order valence-electron chi connectivity index (χ2n) is 4.03. The van der Waals surface area contributed by atoms with Crippen LogP contribution in [0.5, 0.6) is 5.75 Å². The summed E-state index contributed by atoms with van der Waals surface area (Å²) in [6, 6.07) is 12.8. The van der Waals surface area contributed by atoms with Crippen LogP contribution in [-0.2, 0) is 19.1 Å². The zero-order valence-electron chi connectivity index (χ0n) is 10.6. The predicted octanol–water partition coefficient (Wildman–Crippen LogP) is 2.24. The Morgan fingerprint density at radius 3 is 2.50 bits per heavy atom. The van der Waals surface area contributed by atoms with Crippen LogP contribution in [-0.4, -0.2) is 20.6 Å². The van der Waals surface area contributed by atoms with E-state index in [1.165, 1.54) is 0 Å². The Kier molecular flexibility index (Phi) is 4.05. The van der Waals surface area contributed by atoms with Crippen LogP contribution in [0, 0.1) is 0 Å². The Bertz CT molecular complexity index is 762. The lowest BCUT2D eigenvalue weighted by molar-refractivity contribution is -0.129. The minimum absolute atomic E-state index is 0.373. The first-order valence-electron chi connectivity index (χ1n) is 5.69. The third-order valence-corrected chi connectivity index (χ3v) is 2.83. The molecule has 0 heterocycles. The van der Waals surface area contributed by atoms with Crippen LogP contribution in [0.4, 0.5) is 0 Å². The first-order valence-corrected chi connectivity index (χ1v) is 7.51. The summed E-state index contributed by atoms with van der Waals surface area (Å²) in [5.41, 5.74) is 0. The second kappa shape index (κ2) is 5.75. The van der Waals surface area contributed by atoms with Gasteiger partial charge < -0.3 is 8.92 Å². The summed E-state index contributed by atoms with van der Waals surface area (Å²) in [6.45, 7) is 0. The Morgan fingerprint density at radius 2 is 1.80 bits per heavy atom. The van der Waals surface area contributed by atoms with E-state index in [-0.39, 0.29) is 0 Å². The number of carbonyl (C=O) groups is 1. The van der Waals surface area contributed by atoms with Gasteiger partial charge in [-0.3, -0.25) is 0 Å². The van der Waals surface area contributed by atoms with Crippen LogP contribution in [0.15, 0.2) is 54.8 Å². The molecule has 0 aliphatic carbocycles. The van der Waals surface area contributed by atoms with Gasteiger partial charge in [-0.15, -0.1) is 0 Å². The molecular formula is C14H12O5S. The fourth-order valence-corrected chi connectivity index (χ4v) is 1.82. The molecule has 0 amide bonds. The topological polar surface area (TPSA) is 69.7 Å². The molecule has 0 saturated carbocycles. The van der Waals surface area contributed by atoms with Crippen molar-refractivity contribution in [1.82, 2.24) is 0 Å². The Balaban J connectivity index is 2.06. The minimum Gasteiger partial charge on any atom is -0.423 e. The summed E-state index contributed by atoms with van der Waals surface area (Å²) in [4.78, 5) is 11.5. The molecule has 0 radical (unpaired) electrons. The average Bonchev–Trinajstić information content (AvgIpc) is 2.37. The van der Waals surface area contributed by atoms with Gasteiger partial charge in [0, 0.05) is 0 Å². The molecule has 2 aromatic rings. The third-order valence-electron chi connectivity index (χ3n) is 2.37. The predicted molar refractivity (Wildman–Crippen MR) is 74.7 cm³/mol. The molecule has 0 saturated heterocycles. The Morgan fingerprint density at radius 1 is 1.10 bits per heavy atom. The van der Waals surface area contributed by atoms with Gasteiger partial charge in [0.15, 0.2) is 0 Å². The first kappa shape index (κ1) is 14.1. The first-order chi connectivity index (χ1) is 9.44. The van der Waals surface area contributed by atoms with Crippen LogP contribution in [0.3, 0.4) is 0 Å². The van der Waals surface area contributed by atoms with E-state index in [0.717, 1.165) is 29.4 Å². The highest BCUT2D eigenvalue weighted by atomic mass is 32.2. The fraction of sp³-hybridized carbons (Fsp3) is 0.0714. The summed E-state index contributed by atoms with van der Waals surface area (Å²) in [5.74, 6) is -0.346. The van der Waals surface area contributed by atoms with Gasteiger partial charge in [-0.25, -0.2) is 4.79 Å². The van der Waals surface area contributed by atoms with E-state index in [0.29, 0.717) is 5.75 Å². The van der Waals surface area contributed by atoms with Crippen molar-refractivity contribution < 1.29 is 22.1 Å². The van der Waals surface area contributed by atoms with Gasteiger partial charge in [0.1, 0.15) is 12.0 Å². The van der Waals surface area contributed by atoms with Gasteiger partial charge in [0.2, 0.25) is 0 Å². The molecular weight excluding hydrogens is 280 g/mol. The van der Waals surface area contributed by atoms with Crippen molar-refractivity contribution in [3.05, 3.63) is 54.8 Å². The van der Waals surface area contributed by atoms with Crippen molar-refractivity contribution in [2.24, 2.45) is 0 Å². The highest BCUT2D eigenvalue weighted by molar-refractivity contribution is 7.86. The zero-order chi connectivity index (χ0) is 14.6. The third kappa shape index (κ3) is 4.10. The Hall–Kier alpha value is -2.34. The molecule has 0 atom stereocenters. The normalized spacial score (nSPS) is 11.7. The number of esters is 1. The molecule has 0 unspecified atom stereocenters. The molecule has 0 spiro atoms. The number of fused-ring (bicyclic) bond motifs is 1. The lowest BCUT2D eigenvalue weighted by Crippen LogP contribution is -2.05. The molecule has 2 aromatic carbocycles. The number of rotatable bonds is 4. The van der Waals surface area contributed by atoms with Crippen LogP contribution in [0.1, 0.15) is 0 Å². The van der Waals surface area contributed by atoms with E-state index in [9.17, 15) is 13.2 Å². The van der Waals surface area contributed by atoms with Crippen LogP contribution in [0.25, 0.3) is 10.8 Å². The van der Waals surface area contributed by atoms with Gasteiger partial charge in [0.25, 0.3) is 0 Å². The molecule has 0 N–H and O–H groups in total. The number of hydrogen-bond acceptors (Lipinski definition) is 5. The molecule has 20 heavy (non-hydrogen) atoms. The largest absolute Gasteiger partial charge is 0.423 e. The molecule has 0 aliphatic heterocycles. The van der Waals surface area contributed by atoms with Crippen molar-refractivity contribution in [1.29, 1.82) is 0 Å². The Labute approximate surface area is 116 Å². The molecule has 0 aliphatic rings. The van der Waals surface area contributed by atoms with Gasteiger partial charge in [0.05, 0.1) is 12.3 Å². The summed E-state index contributed by atoms with van der Waals surface area (Å²) in [6.07, 6.45) is 2.56. The minimum atomic E-state index is -3.62. The molecule has 0 fully saturated rings. The van der Waals surface area contributed by atoms with Crippen molar-refractivity contribution >= 4 is 26.9 Å². The van der Waals surface area contributed by atoms with E-state index in [1.54, 1.807) is 12.1 Å². The van der Waals surface area contributed by atoms with Gasteiger partial charge in [-0.05, 0) is 22.9 Å². The smallest absolute Gasteiger partial charge is 0.339 e. The lowest BCUT2D eigenvalue weighted by Gasteiger charge is -2.03. The summed E-state index contributed by atoms with van der Waals surface area (Å²) in [7, 11) is -3.62. The summed E-state index contributed by atoms with van der Waals surface area (Å²) < 4.78 is 30.7. The van der Waals surface area contributed by atoms with Crippen molar-refractivity contribution in [2.45, 2.75) is 0 Å². The van der Waals surface area contributed by atoms with E-state index in [4.69, 9.17) is 4.74 Å². The van der Waals surface area contributed by atoms with E-state index in [1.807, 2.05) is 30.3 Å². The fourth-order valence-electron chi connectivity index (χ4n) is 1.57. The quantitative estimate of drug-likeness (QED) is 0.284. The molecule has 6 heteroatoms. The SMILES string of the molecule is CS(=O)(=O)OC=CC(=O)Oc1ccc2ccccc2c1. The standard InChI is InChI=1S/C14H12O5S/c1-20(16,17)18-9-8-14(15)19-13-7-6-11-4-2-3-5-12(11)10-13/h2-10H,1H3. The maximum Gasteiger partial charge on any atom is 0.339 e. The van der Waals surface area contributed by atoms with Crippen molar-refractivity contribution in [2.75, 3.05) is 6.26 Å². The molecule has 2 rings (SSSR count). The van der Waals surface area contributed by atoms with Gasteiger partial charge in [-0.1, -0.05) is 30.3 Å². The van der Waals surface area contributed by atoms with Crippen LogP contribution < -0.4 is 4.74 Å². The zero-order valence-corrected chi connectivity index (χ0v) is 11.5. The summed E-state index contributed by atoms with van der Waals surface area (Å²) >= 11 is 0. The van der Waals surface area contributed by atoms with Crippen LogP contribution >= 0.6 is 0 Å². The molecule has 5 nitrogen and oxygen atoms in total. The van der Waals surface area contributed by atoms with E-state index >= 15 is 0 Å². The number of carbonyl (C=O) groups excluding carboxylic acids is 1. The van der Waals surface area contributed by atoms with Crippen molar-refractivity contribution in [3.63, 3.8) is 0 Å². The maximum absolute atomic E-state index is 11.5. The van der Waals surface area contributed by atoms with Gasteiger partial charge >= 0.3 is 16.1 Å². The molecule has 0 aromatic heterocycles. The summed E-state index contributed by atoms with van der Waals surface area (Å²) in [5, 5.41) is 1.97. The second-order valence-corrected chi connectivity index (χ2v) is 5.63. The van der Waals surface area contributed by atoms with Gasteiger partial charge in [-0.2, -0.15) is 8.42 Å². The number of ether oxygens (including phenoxy) is 1. The number of benzene rings is 2. The highest BCUT2D eigenvalue weighted by Crippen LogP contribution is 2.20. The lowest BCUT2D eigenvalue weighted by atomic mass is 10.1. The highest BCUT2D eigenvalue weighted by Gasteiger charge is 2.03. The monoisotopic (exact) mass is 292 g/mol. The molecule has 104 valence electrons.